The highest BCUT2D eigenvalue weighted by Crippen LogP contribution is 2.00. The molecule has 1 aromatic carbocycles. The predicted molar refractivity (Wildman–Crippen MR) is 76.6 cm³/mol. The van der Waals surface area contributed by atoms with E-state index in [0.29, 0.717) is 6.61 Å². The molecule has 0 spiro atoms. The van der Waals surface area contributed by atoms with Gasteiger partial charge >= 0.3 is 0 Å². The van der Waals surface area contributed by atoms with Crippen LogP contribution in [0.25, 0.3) is 0 Å². The molecule has 0 heterocycles. The Labute approximate surface area is 109 Å². The molecule has 0 aromatic heterocycles. The van der Waals surface area contributed by atoms with E-state index in [1.807, 2.05) is 30.0 Å². The molecule has 1 rings (SSSR count). The van der Waals surface area contributed by atoms with Crippen LogP contribution in [0.15, 0.2) is 30.3 Å². The van der Waals surface area contributed by atoms with Crippen LogP contribution < -0.4 is 5.32 Å². The average molecular weight is 253 g/mol. The van der Waals surface area contributed by atoms with E-state index in [1.54, 1.807) is 0 Å². The first-order chi connectivity index (χ1) is 8.43. The van der Waals surface area contributed by atoms with Gasteiger partial charge in [0.15, 0.2) is 0 Å². The van der Waals surface area contributed by atoms with E-state index in [9.17, 15) is 0 Å². The van der Waals surface area contributed by atoms with Gasteiger partial charge in [-0.3, -0.25) is 0 Å². The van der Waals surface area contributed by atoms with Crippen molar-refractivity contribution in [3.05, 3.63) is 35.9 Å². The molecule has 0 aliphatic heterocycles. The second-order valence-corrected chi connectivity index (χ2v) is 5.23. The van der Waals surface area contributed by atoms with Gasteiger partial charge in [-0.15, -0.1) is 0 Å². The third-order valence-corrected chi connectivity index (χ3v) is 3.37. The second kappa shape index (κ2) is 10.6. The summed E-state index contributed by atoms with van der Waals surface area (Å²) >= 11 is 2.00. The van der Waals surface area contributed by atoms with Crippen LogP contribution in [0.5, 0.6) is 0 Å². The quantitative estimate of drug-likeness (QED) is 0.648. The van der Waals surface area contributed by atoms with Crippen LogP contribution >= 0.6 is 11.8 Å². The third-order valence-electron chi connectivity index (χ3n) is 2.38. The van der Waals surface area contributed by atoms with Crippen LogP contribution in [-0.2, 0) is 11.3 Å². The van der Waals surface area contributed by atoms with Gasteiger partial charge in [0.05, 0.1) is 13.2 Å². The van der Waals surface area contributed by atoms with E-state index in [2.05, 4.69) is 24.4 Å². The van der Waals surface area contributed by atoms with Gasteiger partial charge in [-0.1, -0.05) is 37.3 Å². The van der Waals surface area contributed by atoms with Gasteiger partial charge in [0, 0.05) is 6.54 Å². The predicted octanol–water partition coefficient (Wildman–Crippen LogP) is 2.94. The van der Waals surface area contributed by atoms with Gasteiger partial charge in [-0.05, 0) is 30.0 Å². The molecule has 0 fully saturated rings. The Bertz CT molecular complexity index is 266. The lowest BCUT2D eigenvalue weighted by atomic mass is 10.2. The van der Waals surface area contributed by atoms with Gasteiger partial charge in [-0.2, -0.15) is 11.8 Å². The van der Waals surface area contributed by atoms with Gasteiger partial charge in [-0.25, -0.2) is 0 Å². The minimum atomic E-state index is 0.716. The minimum Gasteiger partial charge on any atom is -0.375 e. The van der Waals surface area contributed by atoms with E-state index in [4.69, 9.17) is 4.74 Å². The smallest absolute Gasteiger partial charge is 0.0717 e. The summed E-state index contributed by atoms with van der Waals surface area (Å²) in [6, 6.07) is 10.3. The molecule has 0 saturated carbocycles. The van der Waals surface area contributed by atoms with Crippen LogP contribution in [0.2, 0.25) is 0 Å². The Morgan fingerprint density at radius 2 is 2.00 bits per heavy atom. The number of benzene rings is 1. The Morgan fingerprint density at radius 1 is 1.18 bits per heavy atom. The van der Waals surface area contributed by atoms with Crippen LogP contribution in [0.4, 0.5) is 0 Å². The molecule has 0 radical (unpaired) electrons. The van der Waals surface area contributed by atoms with Crippen molar-refractivity contribution in [1.29, 1.82) is 0 Å². The molecular weight excluding hydrogens is 230 g/mol. The van der Waals surface area contributed by atoms with Crippen LogP contribution in [0.3, 0.4) is 0 Å². The maximum absolute atomic E-state index is 5.58. The molecule has 0 aliphatic carbocycles. The molecule has 0 aliphatic rings. The molecule has 1 N–H and O–H groups in total. The highest BCUT2D eigenvalue weighted by atomic mass is 32.2. The summed E-state index contributed by atoms with van der Waals surface area (Å²) < 4.78 is 5.58. The molecular formula is C14H23NOS. The summed E-state index contributed by atoms with van der Waals surface area (Å²) in [4.78, 5) is 0. The molecule has 3 heteroatoms. The van der Waals surface area contributed by atoms with E-state index < -0.39 is 0 Å². The van der Waals surface area contributed by atoms with Crippen molar-refractivity contribution in [3.63, 3.8) is 0 Å². The molecule has 0 saturated heterocycles. The topological polar surface area (TPSA) is 21.3 Å². The highest BCUT2D eigenvalue weighted by Gasteiger charge is 1.92. The first-order valence-electron chi connectivity index (χ1n) is 6.33. The zero-order chi connectivity index (χ0) is 12.2. The number of hydrogen-bond acceptors (Lipinski definition) is 3. The molecule has 0 bridgehead atoms. The van der Waals surface area contributed by atoms with Gasteiger partial charge in [0.2, 0.25) is 0 Å². The summed E-state index contributed by atoms with van der Waals surface area (Å²) in [5, 5.41) is 3.39. The van der Waals surface area contributed by atoms with Gasteiger partial charge in [0.25, 0.3) is 0 Å². The molecule has 1 aromatic rings. The SMILES string of the molecule is CCSCCCNCCOCc1ccccc1. The Hall–Kier alpha value is -0.510. The number of ether oxygens (including phenoxy) is 1. The third kappa shape index (κ3) is 8.25. The number of rotatable bonds is 10. The molecule has 17 heavy (non-hydrogen) atoms. The maximum Gasteiger partial charge on any atom is 0.0717 e. The maximum atomic E-state index is 5.58. The summed E-state index contributed by atoms with van der Waals surface area (Å²) in [6.45, 7) is 5.75. The van der Waals surface area contributed by atoms with Gasteiger partial charge in [0.1, 0.15) is 0 Å². The first kappa shape index (κ1) is 14.6. The van der Waals surface area contributed by atoms with Gasteiger partial charge < -0.3 is 10.1 Å². The lowest BCUT2D eigenvalue weighted by Crippen LogP contribution is -2.21. The summed E-state index contributed by atoms with van der Waals surface area (Å²) in [5.74, 6) is 2.48. The van der Waals surface area contributed by atoms with Crippen molar-refractivity contribution < 1.29 is 4.74 Å². The van der Waals surface area contributed by atoms with Crippen molar-refractivity contribution in [2.75, 3.05) is 31.2 Å². The Morgan fingerprint density at radius 3 is 2.76 bits per heavy atom. The summed E-state index contributed by atoms with van der Waals surface area (Å²) in [5.41, 5.74) is 1.24. The molecule has 2 nitrogen and oxygen atoms in total. The largest absolute Gasteiger partial charge is 0.375 e. The van der Waals surface area contributed by atoms with Crippen molar-refractivity contribution in [3.8, 4) is 0 Å². The van der Waals surface area contributed by atoms with Crippen LogP contribution in [0.1, 0.15) is 18.9 Å². The summed E-state index contributed by atoms with van der Waals surface area (Å²) in [6.07, 6.45) is 1.25. The molecule has 0 amide bonds. The highest BCUT2D eigenvalue weighted by molar-refractivity contribution is 7.99. The fraction of sp³-hybridized carbons (Fsp3) is 0.571. The Kier molecular flexibility index (Phi) is 9.10. The van der Waals surface area contributed by atoms with Crippen molar-refractivity contribution >= 4 is 11.8 Å². The first-order valence-corrected chi connectivity index (χ1v) is 7.49. The second-order valence-electron chi connectivity index (χ2n) is 3.84. The average Bonchev–Trinajstić information content (AvgIpc) is 2.38. The zero-order valence-corrected chi connectivity index (χ0v) is 11.5. The van der Waals surface area contributed by atoms with E-state index >= 15 is 0 Å². The number of thioether (sulfide) groups is 1. The minimum absolute atomic E-state index is 0.716. The van der Waals surface area contributed by atoms with Crippen LogP contribution in [-0.4, -0.2) is 31.2 Å². The normalized spacial score (nSPS) is 10.6. The number of hydrogen-bond donors (Lipinski definition) is 1. The fourth-order valence-electron chi connectivity index (χ4n) is 1.48. The monoisotopic (exact) mass is 253 g/mol. The fourth-order valence-corrected chi connectivity index (χ4v) is 2.11. The zero-order valence-electron chi connectivity index (χ0n) is 10.7. The Balaban J connectivity index is 1.85. The van der Waals surface area contributed by atoms with Crippen molar-refractivity contribution in [2.45, 2.75) is 20.0 Å². The van der Waals surface area contributed by atoms with Crippen molar-refractivity contribution in [2.24, 2.45) is 0 Å². The standard InChI is InChI=1S/C14H23NOS/c1-2-17-12-6-9-15-10-11-16-13-14-7-4-3-5-8-14/h3-5,7-8,15H,2,6,9-13H2,1H3. The van der Waals surface area contributed by atoms with E-state index in [-0.39, 0.29) is 0 Å². The van der Waals surface area contributed by atoms with E-state index in [1.165, 1.54) is 23.5 Å². The molecule has 0 unspecified atom stereocenters. The number of nitrogens with one attached hydrogen (secondary N) is 1. The summed E-state index contributed by atoms with van der Waals surface area (Å²) in [7, 11) is 0. The van der Waals surface area contributed by atoms with Crippen molar-refractivity contribution in [1.82, 2.24) is 5.32 Å². The molecule has 0 atom stereocenters. The lowest BCUT2D eigenvalue weighted by Gasteiger charge is -2.06. The molecule has 96 valence electrons. The van der Waals surface area contributed by atoms with E-state index in [0.717, 1.165) is 19.7 Å². The van der Waals surface area contributed by atoms with Crippen LogP contribution in [0, 0.1) is 0 Å². The lowest BCUT2D eigenvalue weighted by molar-refractivity contribution is 0.123.